The fourth-order valence-corrected chi connectivity index (χ4v) is 4.22. The molecule has 1 aliphatic heterocycles. The van der Waals surface area contributed by atoms with E-state index in [4.69, 9.17) is 0 Å². The van der Waals surface area contributed by atoms with Gasteiger partial charge in [-0.3, -0.25) is 9.59 Å². The molecule has 162 valence electrons. The number of nitrogens with zero attached hydrogens (tertiary/aromatic N) is 3. The van der Waals surface area contributed by atoms with Crippen LogP contribution in [0.15, 0.2) is 60.8 Å². The third-order valence-corrected chi connectivity index (χ3v) is 5.94. The van der Waals surface area contributed by atoms with E-state index in [0.29, 0.717) is 48.7 Å². The Morgan fingerprint density at radius 1 is 0.844 bits per heavy atom. The van der Waals surface area contributed by atoms with Crippen molar-refractivity contribution in [2.24, 2.45) is 0 Å². The van der Waals surface area contributed by atoms with Crippen molar-refractivity contribution in [1.29, 1.82) is 0 Å². The number of piperazine rings is 1. The van der Waals surface area contributed by atoms with Crippen molar-refractivity contribution in [3.63, 3.8) is 0 Å². The van der Waals surface area contributed by atoms with Crippen LogP contribution < -0.4 is 4.90 Å². The largest absolute Gasteiger partial charge is 0.417 e. The highest BCUT2D eigenvalue weighted by Crippen LogP contribution is 2.37. The van der Waals surface area contributed by atoms with Gasteiger partial charge in [0.15, 0.2) is 5.78 Å². The maximum absolute atomic E-state index is 13.0. The molecule has 1 aromatic heterocycles. The maximum atomic E-state index is 13.0. The number of hydrogen-bond acceptors (Lipinski definition) is 4. The van der Waals surface area contributed by atoms with Gasteiger partial charge in [-0.25, -0.2) is 4.98 Å². The quantitative estimate of drug-likeness (QED) is 0.470. The summed E-state index contributed by atoms with van der Waals surface area (Å²) < 4.78 is 38.2. The summed E-state index contributed by atoms with van der Waals surface area (Å²) in [6, 6.07) is 15.0. The van der Waals surface area contributed by atoms with Crippen LogP contribution in [0.1, 0.15) is 31.8 Å². The van der Waals surface area contributed by atoms with Gasteiger partial charge in [-0.2, -0.15) is 13.2 Å². The minimum Gasteiger partial charge on any atom is -0.353 e. The fourth-order valence-electron chi connectivity index (χ4n) is 4.22. The predicted molar refractivity (Wildman–Crippen MR) is 113 cm³/mol. The topological polar surface area (TPSA) is 53.5 Å². The second kappa shape index (κ2) is 7.47. The zero-order valence-corrected chi connectivity index (χ0v) is 16.9. The number of ketones is 1. The molecule has 0 atom stereocenters. The van der Waals surface area contributed by atoms with Gasteiger partial charge in [-0.15, -0.1) is 0 Å². The Bertz CT molecular complexity index is 1210. The van der Waals surface area contributed by atoms with Gasteiger partial charge in [-0.1, -0.05) is 30.3 Å². The number of pyridine rings is 1. The zero-order valence-electron chi connectivity index (χ0n) is 16.9. The molecule has 1 amide bonds. The average molecular weight is 437 g/mol. The van der Waals surface area contributed by atoms with Gasteiger partial charge >= 0.3 is 6.18 Å². The van der Waals surface area contributed by atoms with E-state index in [0.717, 1.165) is 23.4 Å². The number of fused-ring (bicyclic) bond motifs is 3. The number of hydrogen-bond donors (Lipinski definition) is 0. The fraction of sp³-hybridized carbons (Fsp3) is 0.208. The number of rotatable bonds is 2. The van der Waals surface area contributed by atoms with E-state index < -0.39 is 11.7 Å². The first kappa shape index (κ1) is 20.2. The van der Waals surface area contributed by atoms with Crippen molar-refractivity contribution < 1.29 is 22.8 Å². The van der Waals surface area contributed by atoms with Gasteiger partial charge in [0.2, 0.25) is 0 Å². The molecule has 32 heavy (non-hydrogen) atoms. The van der Waals surface area contributed by atoms with Crippen LogP contribution in [-0.4, -0.2) is 47.8 Å². The summed E-state index contributed by atoms with van der Waals surface area (Å²) in [5.74, 6) is 0.200. The first-order valence-electron chi connectivity index (χ1n) is 10.2. The molecule has 3 aromatic rings. The minimum absolute atomic E-state index is 0.0801. The van der Waals surface area contributed by atoms with Crippen molar-refractivity contribution in [1.82, 2.24) is 9.88 Å². The molecule has 0 bridgehead atoms. The first-order valence-corrected chi connectivity index (χ1v) is 10.2. The molecule has 5 nitrogen and oxygen atoms in total. The summed E-state index contributed by atoms with van der Waals surface area (Å²) in [6.45, 7) is 1.73. The first-order chi connectivity index (χ1) is 15.3. The van der Waals surface area contributed by atoms with Crippen molar-refractivity contribution in [3.8, 4) is 11.1 Å². The summed E-state index contributed by atoms with van der Waals surface area (Å²) in [5.41, 5.74) is 2.55. The van der Waals surface area contributed by atoms with Gasteiger partial charge < -0.3 is 9.80 Å². The molecule has 5 rings (SSSR count). The molecule has 0 N–H and O–H groups in total. The van der Waals surface area contributed by atoms with Gasteiger partial charge in [0, 0.05) is 49.1 Å². The number of amides is 1. The zero-order chi connectivity index (χ0) is 22.5. The molecule has 8 heteroatoms. The highest BCUT2D eigenvalue weighted by Gasteiger charge is 2.32. The van der Waals surface area contributed by atoms with Crippen LogP contribution in [0, 0.1) is 0 Å². The Morgan fingerprint density at radius 2 is 1.53 bits per heavy atom. The van der Waals surface area contributed by atoms with E-state index in [9.17, 15) is 22.8 Å². The van der Waals surface area contributed by atoms with Crippen LogP contribution in [0.3, 0.4) is 0 Å². The second-order valence-electron chi connectivity index (χ2n) is 7.82. The lowest BCUT2D eigenvalue weighted by atomic mass is 10.0. The van der Waals surface area contributed by atoms with Crippen LogP contribution in [-0.2, 0) is 6.18 Å². The molecule has 0 spiro atoms. The second-order valence-corrected chi connectivity index (χ2v) is 7.82. The highest BCUT2D eigenvalue weighted by atomic mass is 19.4. The van der Waals surface area contributed by atoms with Gasteiger partial charge in [0.1, 0.15) is 5.82 Å². The number of carbonyl (C=O) groups is 2. The summed E-state index contributed by atoms with van der Waals surface area (Å²) >= 11 is 0. The van der Waals surface area contributed by atoms with E-state index in [1.54, 1.807) is 23.1 Å². The SMILES string of the molecule is O=C1c2ccccc2-c2ccc(C(=O)N3CCN(c4ccc(C(F)(F)F)cn4)CC3)cc21. The van der Waals surface area contributed by atoms with Crippen molar-refractivity contribution in [2.75, 3.05) is 31.1 Å². The summed E-state index contributed by atoms with van der Waals surface area (Å²) in [7, 11) is 0. The van der Waals surface area contributed by atoms with Gasteiger partial charge in [0.05, 0.1) is 5.56 Å². The van der Waals surface area contributed by atoms with Crippen LogP contribution in [0.25, 0.3) is 11.1 Å². The molecule has 0 unspecified atom stereocenters. The number of alkyl halides is 3. The summed E-state index contributed by atoms with van der Waals surface area (Å²) in [4.78, 5) is 33.2. The highest BCUT2D eigenvalue weighted by molar-refractivity contribution is 6.22. The molecule has 2 aliphatic rings. The van der Waals surface area contributed by atoms with E-state index in [2.05, 4.69) is 4.98 Å². The van der Waals surface area contributed by atoms with E-state index in [1.165, 1.54) is 6.07 Å². The molecule has 1 saturated heterocycles. The number of benzene rings is 2. The Hall–Kier alpha value is -3.68. The van der Waals surface area contributed by atoms with Crippen molar-refractivity contribution >= 4 is 17.5 Å². The molecule has 0 radical (unpaired) electrons. The number of aromatic nitrogens is 1. The number of anilines is 1. The minimum atomic E-state index is -4.42. The van der Waals surface area contributed by atoms with Gasteiger partial charge in [-0.05, 0) is 35.4 Å². The van der Waals surface area contributed by atoms with E-state index in [1.807, 2.05) is 29.2 Å². The Morgan fingerprint density at radius 3 is 2.19 bits per heavy atom. The number of halogens is 3. The summed E-state index contributed by atoms with van der Waals surface area (Å²) in [6.07, 6.45) is -3.60. The maximum Gasteiger partial charge on any atom is 0.417 e. The Balaban J connectivity index is 1.28. The molecular formula is C24H18F3N3O2. The van der Waals surface area contributed by atoms with E-state index >= 15 is 0 Å². The smallest absolute Gasteiger partial charge is 0.353 e. The Labute approximate surface area is 182 Å². The number of carbonyl (C=O) groups excluding carboxylic acids is 2. The van der Waals surface area contributed by atoms with Crippen LogP contribution in [0.2, 0.25) is 0 Å². The lowest BCUT2D eigenvalue weighted by Crippen LogP contribution is -2.49. The van der Waals surface area contributed by atoms with Crippen molar-refractivity contribution in [3.05, 3.63) is 83.0 Å². The van der Waals surface area contributed by atoms with Gasteiger partial charge in [0.25, 0.3) is 5.91 Å². The molecule has 2 heterocycles. The molecular weight excluding hydrogens is 419 g/mol. The average Bonchev–Trinajstić information content (AvgIpc) is 3.10. The third-order valence-electron chi connectivity index (χ3n) is 5.94. The lowest BCUT2D eigenvalue weighted by molar-refractivity contribution is -0.137. The lowest BCUT2D eigenvalue weighted by Gasteiger charge is -2.35. The third kappa shape index (κ3) is 3.41. The molecule has 0 saturated carbocycles. The van der Waals surface area contributed by atoms with E-state index in [-0.39, 0.29) is 11.7 Å². The van der Waals surface area contributed by atoms with Crippen LogP contribution in [0.4, 0.5) is 19.0 Å². The molecule has 1 aliphatic carbocycles. The monoisotopic (exact) mass is 437 g/mol. The van der Waals surface area contributed by atoms with Crippen LogP contribution >= 0.6 is 0 Å². The van der Waals surface area contributed by atoms with Crippen LogP contribution in [0.5, 0.6) is 0 Å². The standard InChI is InChI=1S/C24H18F3N3O2/c25-24(26,27)16-6-8-21(28-14-16)29-9-11-30(12-10-29)23(32)15-5-7-18-17-3-1-2-4-19(17)22(31)20(18)13-15/h1-8,13-14H,9-12H2. The Kier molecular flexibility index (Phi) is 4.73. The molecule has 2 aromatic carbocycles. The molecule has 1 fully saturated rings. The normalized spacial score (nSPS) is 15.5. The van der Waals surface area contributed by atoms with Crippen molar-refractivity contribution in [2.45, 2.75) is 6.18 Å². The summed E-state index contributed by atoms with van der Waals surface area (Å²) in [5, 5.41) is 0. The predicted octanol–water partition coefficient (Wildman–Crippen LogP) is 4.27.